The summed E-state index contributed by atoms with van der Waals surface area (Å²) < 4.78 is 5.52. The van der Waals surface area contributed by atoms with Crippen LogP contribution in [0.15, 0.2) is 35.3 Å². The highest BCUT2D eigenvalue weighted by Gasteiger charge is 2.21. The van der Waals surface area contributed by atoms with Crippen molar-refractivity contribution in [2.75, 3.05) is 44.5 Å². The first kappa shape index (κ1) is 17.3. The highest BCUT2D eigenvalue weighted by molar-refractivity contribution is 5.68. The minimum atomic E-state index is -0.197. The molecule has 1 saturated heterocycles. The monoisotopic (exact) mass is 343 g/mol. The number of anilines is 3. The van der Waals surface area contributed by atoms with E-state index in [4.69, 9.17) is 4.74 Å². The average molecular weight is 343 g/mol. The third-order valence-corrected chi connectivity index (χ3v) is 4.67. The number of nitrogens with zero attached hydrogens (tertiary/aromatic N) is 3. The molecular weight excluding hydrogens is 318 g/mol. The Labute approximate surface area is 147 Å². The number of methoxy groups -OCH3 is 1. The highest BCUT2D eigenvalue weighted by atomic mass is 16.5. The van der Waals surface area contributed by atoms with E-state index in [1.54, 1.807) is 7.11 Å². The minimum Gasteiger partial charge on any atom is -0.494 e. The van der Waals surface area contributed by atoms with Gasteiger partial charge in [-0.2, -0.15) is 0 Å². The summed E-state index contributed by atoms with van der Waals surface area (Å²) in [4.78, 5) is 22.8. The number of piperidine rings is 1. The van der Waals surface area contributed by atoms with E-state index in [2.05, 4.69) is 45.2 Å². The first-order valence-corrected chi connectivity index (χ1v) is 8.48. The summed E-state index contributed by atoms with van der Waals surface area (Å²) >= 11 is 0. The van der Waals surface area contributed by atoms with E-state index in [0.717, 1.165) is 43.1 Å². The molecule has 0 aliphatic carbocycles. The Morgan fingerprint density at radius 2 is 2.04 bits per heavy atom. The van der Waals surface area contributed by atoms with Crippen LogP contribution in [0.5, 0.6) is 5.75 Å². The lowest BCUT2D eigenvalue weighted by molar-refractivity contribution is 0.249. The molecule has 0 spiro atoms. The first-order chi connectivity index (χ1) is 12.1. The number of hydrogen-bond donors (Lipinski definition) is 2. The minimum absolute atomic E-state index is 0.197. The van der Waals surface area contributed by atoms with Crippen molar-refractivity contribution in [2.45, 2.75) is 18.9 Å². The van der Waals surface area contributed by atoms with Crippen LogP contribution in [-0.4, -0.2) is 55.2 Å². The zero-order valence-corrected chi connectivity index (χ0v) is 15.0. The molecule has 2 heterocycles. The second kappa shape index (κ2) is 7.57. The Kier molecular flexibility index (Phi) is 5.23. The molecule has 1 fully saturated rings. The van der Waals surface area contributed by atoms with Crippen molar-refractivity contribution in [1.82, 2.24) is 14.9 Å². The van der Waals surface area contributed by atoms with Crippen molar-refractivity contribution >= 4 is 17.3 Å². The van der Waals surface area contributed by atoms with Crippen LogP contribution in [-0.2, 0) is 0 Å². The molecule has 2 aromatic rings. The fourth-order valence-electron chi connectivity index (χ4n) is 3.18. The lowest BCUT2D eigenvalue weighted by Crippen LogP contribution is -2.41. The quantitative estimate of drug-likeness (QED) is 0.866. The zero-order chi connectivity index (χ0) is 17.8. The van der Waals surface area contributed by atoms with E-state index >= 15 is 0 Å². The standard InChI is InChI=1S/C18H25N5O2/c1-22(2)13-7-10-23(11-8-13)14-4-5-15(16(12-14)25-3)20-18-19-9-6-17(24)21-18/h4-6,9,12-13H,7-8,10-11H2,1-3H3,(H2,19,20,21,24). The van der Waals surface area contributed by atoms with Crippen LogP contribution in [0.2, 0.25) is 0 Å². The van der Waals surface area contributed by atoms with Gasteiger partial charge in [-0.1, -0.05) is 0 Å². The van der Waals surface area contributed by atoms with Gasteiger partial charge in [0.1, 0.15) is 5.75 Å². The van der Waals surface area contributed by atoms with Crippen LogP contribution < -0.4 is 20.5 Å². The molecule has 3 rings (SSSR count). The molecule has 1 aliphatic rings. The lowest BCUT2D eigenvalue weighted by atomic mass is 10.0. The van der Waals surface area contributed by atoms with Crippen LogP contribution >= 0.6 is 0 Å². The number of H-pyrrole nitrogens is 1. The van der Waals surface area contributed by atoms with Gasteiger partial charge in [0, 0.05) is 43.1 Å². The maximum Gasteiger partial charge on any atom is 0.252 e. The fourth-order valence-corrected chi connectivity index (χ4v) is 3.18. The van der Waals surface area contributed by atoms with E-state index in [0.29, 0.717) is 12.0 Å². The lowest BCUT2D eigenvalue weighted by Gasteiger charge is -2.36. The van der Waals surface area contributed by atoms with Gasteiger partial charge in [-0.05, 0) is 39.1 Å². The molecule has 7 heteroatoms. The van der Waals surface area contributed by atoms with Gasteiger partial charge in [0.2, 0.25) is 5.95 Å². The maximum absolute atomic E-state index is 11.4. The van der Waals surface area contributed by atoms with E-state index in [9.17, 15) is 4.79 Å². The summed E-state index contributed by atoms with van der Waals surface area (Å²) in [6.07, 6.45) is 3.78. The number of aromatic amines is 1. The molecule has 1 aliphatic heterocycles. The molecule has 0 bridgehead atoms. The van der Waals surface area contributed by atoms with E-state index in [-0.39, 0.29) is 5.56 Å². The van der Waals surface area contributed by atoms with Crippen molar-refractivity contribution in [2.24, 2.45) is 0 Å². The Hall–Kier alpha value is -2.54. The molecule has 2 N–H and O–H groups in total. The number of benzene rings is 1. The molecule has 0 atom stereocenters. The second-order valence-corrected chi connectivity index (χ2v) is 6.47. The highest BCUT2D eigenvalue weighted by Crippen LogP contribution is 2.32. The molecule has 0 amide bonds. The van der Waals surface area contributed by atoms with Crippen LogP contribution in [0.1, 0.15) is 12.8 Å². The predicted molar refractivity (Wildman–Crippen MR) is 100 cm³/mol. The van der Waals surface area contributed by atoms with Gasteiger partial charge in [-0.15, -0.1) is 0 Å². The van der Waals surface area contributed by atoms with Gasteiger partial charge in [0.05, 0.1) is 12.8 Å². The maximum atomic E-state index is 11.4. The Bertz CT molecular complexity index is 766. The van der Waals surface area contributed by atoms with Gasteiger partial charge in [0.25, 0.3) is 5.56 Å². The van der Waals surface area contributed by atoms with Crippen molar-refractivity contribution in [1.29, 1.82) is 0 Å². The summed E-state index contributed by atoms with van der Waals surface area (Å²) in [5, 5.41) is 3.10. The molecule has 0 unspecified atom stereocenters. The smallest absolute Gasteiger partial charge is 0.252 e. The van der Waals surface area contributed by atoms with Crippen LogP contribution in [0, 0.1) is 0 Å². The molecule has 0 saturated carbocycles. The summed E-state index contributed by atoms with van der Waals surface area (Å²) in [5.74, 6) is 1.11. The summed E-state index contributed by atoms with van der Waals surface area (Å²) in [7, 11) is 5.93. The number of hydrogen-bond acceptors (Lipinski definition) is 6. The third kappa shape index (κ3) is 4.11. The molecule has 1 aromatic carbocycles. The molecule has 0 radical (unpaired) electrons. The topological polar surface area (TPSA) is 73.5 Å². The molecular formula is C18H25N5O2. The third-order valence-electron chi connectivity index (χ3n) is 4.67. The Balaban J connectivity index is 1.75. The SMILES string of the molecule is COc1cc(N2CCC(N(C)C)CC2)ccc1Nc1nccc(=O)[nH]1. The number of rotatable bonds is 5. The van der Waals surface area contributed by atoms with Crippen LogP contribution in [0.25, 0.3) is 0 Å². The fraction of sp³-hybridized carbons (Fsp3) is 0.444. The number of nitrogens with one attached hydrogen (secondary N) is 2. The molecule has 7 nitrogen and oxygen atoms in total. The van der Waals surface area contributed by atoms with E-state index in [1.165, 1.54) is 12.3 Å². The number of aromatic nitrogens is 2. The summed E-state index contributed by atoms with van der Waals surface area (Å²) in [6.45, 7) is 2.07. The number of ether oxygens (including phenoxy) is 1. The van der Waals surface area contributed by atoms with E-state index in [1.807, 2.05) is 12.1 Å². The van der Waals surface area contributed by atoms with Crippen molar-refractivity contribution in [3.8, 4) is 5.75 Å². The zero-order valence-electron chi connectivity index (χ0n) is 15.0. The van der Waals surface area contributed by atoms with Crippen LogP contribution in [0.4, 0.5) is 17.3 Å². The van der Waals surface area contributed by atoms with Gasteiger partial charge in [-0.3, -0.25) is 9.78 Å². The first-order valence-electron chi connectivity index (χ1n) is 8.48. The molecule has 25 heavy (non-hydrogen) atoms. The summed E-state index contributed by atoms with van der Waals surface area (Å²) in [6, 6.07) is 8.09. The molecule has 134 valence electrons. The van der Waals surface area contributed by atoms with Crippen LogP contribution in [0.3, 0.4) is 0 Å². The van der Waals surface area contributed by atoms with Crippen molar-refractivity contribution in [3.63, 3.8) is 0 Å². The van der Waals surface area contributed by atoms with Gasteiger partial charge < -0.3 is 19.9 Å². The van der Waals surface area contributed by atoms with Crippen molar-refractivity contribution in [3.05, 3.63) is 40.8 Å². The van der Waals surface area contributed by atoms with E-state index < -0.39 is 0 Å². The molecule has 1 aromatic heterocycles. The largest absolute Gasteiger partial charge is 0.494 e. The van der Waals surface area contributed by atoms with Gasteiger partial charge >= 0.3 is 0 Å². The predicted octanol–water partition coefficient (Wildman–Crippen LogP) is 2.05. The Morgan fingerprint density at radius 3 is 2.68 bits per heavy atom. The normalized spacial score (nSPS) is 15.4. The summed E-state index contributed by atoms with van der Waals surface area (Å²) in [5.41, 5.74) is 1.72. The second-order valence-electron chi connectivity index (χ2n) is 6.47. The van der Waals surface area contributed by atoms with Gasteiger partial charge in [-0.25, -0.2) is 4.98 Å². The van der Waals surface area contributed by atoms with Gasteiger partial charge in [0.15, 0.2) is 0 Å². The van der Waals surface area contributed by atoms with Crippen molar-refractivity contribution < 1.29 is 4.74 Å². The average Bonchev–Trinajstić information content (AvgIpc) is 2.62. The Morgan fingerprint density at radius 1 is 1.28 bits per heavy atom.